The van der Waals surface area contributed by atoms with Crippen molar-refractivity contribution in [3.8, 4) is 0 Å². The van der Waals surface area contributed by atoms with Gasteiger partial charge in [-0.05, 0) is 18.9 Å². The van der Waals surface area contributed by atoms with E-state index in [1.807, 2.05) is 12.1 Å². The summed E-state index contributed by atoms with van der Waals surface area (Å²) in [6.45, 7) is 3.88. The molecule has 1 heterocycles. The Bertz CT molecular complexity index is 413. The van der Waals surface area contributed by atoms with Crippen LogP contribution in [0.15, 0.2) is 24.3 Å². The predicted molar refractivity (Wildman–Crippen MR) is 70.9 cm³/mol. The van der Waals surface area contributed by atoms with E-state index in [2.05, 4.69) is 10.2 Å². The lowest BCUT2D eigenvalue weighted by Crippen LogP contribution is -2.58. The molecule has 0 bridgehead atoms. The largest absolute Gasteiger partial charge is 0.309 e. The van der Waals surface area contributed by atoms with Crippen molar-refractivity contribution in [2.45, 2.75) is 37.8 Å². The minimum Gasteiger partial charge on any atom is -0.309 e. The Morgan fingerprint density at radius 1 is 1.22 bits per heavy atom. The van der Waals surface area contributed by atoms with Crippen molar-refractivity contribution in [1.29, 1.82) is 0 Å². The van der Waals surface area contributed by atoms with Crippen LogP contribution in [-0.4, -0.2) is 30.1 Å². The molecule has 1 aliphatic carbocycles. The molecule has 1 saturated carbocycles. The highest BCUT2D eigenvalue weighted by Crippen LogP contribution is 2.32. The summed E-state index contributed by atoms with van der Waals surface area (Å²) >= 11 is 0. The van der Waals surface area contributed by atoms with Crippen LogP contribution in [0.5, 0.6) is 0 Å². The molecule has 0 unspecified atom stereocenters. The molecule has 2 aliphatic rings. The first kappa shape index (κ1) is 12.1. The lowest BCUT2D eigenvalue weighted by atomic mass is 9.94. The standard InChI is InChI=1S/C15H21FN2/c16-14-6-2-1-5-13(14)11-18-10-9-17-15(12-18)7-3-4-8-15/h1-2,5-6,17H,3-4,7-12H2. The van der Waals surface area contributed by atoms with Crippen molar-refractivity contribution in [2.75, 3.05) is 19.6 Å². The van der Waals surface area contributed by atoms with Gasteiger partial charge in [0.1, 0.15) is 5.82 Å². The molecular weight excluding hydrogens is 227 g/mol. The van der Waals surface area contributed by atoms with Gasteiger partial charge in [-0.15, -0.1) is 0 Å². The van der Waals surface area contributed by atoms with Gasteiger partial charge in [0.2, 0.25) is 0 Å². The Hall–Kier alpha value is -0.930. The van der Waals surface area contributed by atoms with Crippen molar-refractivity contribution < 1.29 is 4.39 Å². The van der Waals surface area contributed by atoms with Crippen molar-refractivity contribution in [1.82, 2.24) is 10.2 Å². The van der Waals surface area contributed by atoms with E-state index in [0.29, 0.717) is 5.54 Å². The molecule has 1 saturated heterocycles. The molecule has 3 rings (SSSR count). The molecule has 0 amide bonds. The van der Waals surface area contributed by atoms with E-state index in [4.69, 9.17) is 0 Å². The van der Waals surface area contributed by atoms with Gasteiger partial charge in [-0.2, -0.15) is 0 Å². The first-order valence-corrected chi connectivity index (χ1v) is 6.98. The van der Waals surface area contributed by atoms with Crippen LogP contribution in [-0.2, 0) is 6.54 Å². The molecule has 3 heteroatoms. The van der Waals surface area contributed by atoms with Crippen LogP contribution in [0.3, 0.4) is 0 Å². The average molecular weight is 248 g/mol. The lowest BCUT2D eigenvalue weighted by Gasteiger charge is -2.41. The molecule has 0 radical (unpaired) electrons. The summed E-state index contributed by atoms with van der Waals surface area (Å²) in [4.78, 5) is 2.40. The van der Waals surface area contributed by atoms with E-state index in [1.165, 1.54) is 25.7 Å². The summed E-state index contributed by atoms with van der Waals surface area (Å²) in [5, 5.41) is 3.69. The zero-order valence-electron chi connectivity index (χ0n) is 10.8. The van der Waals surface area contributed by atoms with Gasteiger partial charge in [0.25, 0.3) is 0 Å². The molecular formula is C15H21FN2. The molecule has 98 valence electrons. The van der Waals surface area contributed by atoms with Crippen molar-refractivity contribution in [3.63, 3.8) is 0 Å². The summed E-state index contributed by atoms with van der Waals surface area (Å²) in [5.41, 5.74) is 1.15. The van der Waals surface area contributed by atoms with E-state index in [-0.39, 0.29) is 5.82 Å². The second-order valence-electron chi connectivity index (χ2n) is 5.72. The highest BCUT2D eigenvalue weighted by atomic mass is 19.1. The van der Waals surface area contributed by atoms with E-state index >= 15 is 0 Å². The molecule has 1 aliphatic heterocycles. The zero-order valence-corrected chi connectivity index (χ0v) is 10.8. The monoisotopic (exact) mass is 248 g/mol. The second-order valence-corrected chi connectivity index (χ2v) is 5.72. The maximum Gasteiger partial charge on any atom is 0.127 e. The number of rotatable bonds is 2. The molecule has 1 aromatic carbocycles. The predicted octanol–water partition coefficient (Wildman–Crippen LogP) is 2.54. The Morgan fingerprint density at radius 2 is 2.00 bits per heavy atom. The van der Waals surface area contributed by atoms with Crippen LogP contribution >= 0.6 is 0 Å². The van der Waals surface area contributed by atoms with Crippen LogP contribution in [0.4, 0.5) is 4.39 Å². The Morgan fingerprint density at radius 3 is 2.78 bits per heavy atom. The normalized spacial score (nSPS) is 23.6. The fraction of sp³-hybridized carbons (Fsp3) is 0.600. The zero-order chi connectivity index (χ0) is 12.4. The highest BCUT2D eigenvalue weighted by molar-refractivity contribution is 5.17. The third kappa shape index (κ3) is 2.43. The average Bonchev–Trinajstić information content (AvgIpc) is 2.80. The molecule has 1 N–H and O–H groups in total. The van der Waals surface area contributed by atoms with Gasteiger partial charge in [-0.1, -0.05) is 31.0 Å². The number of piperazine rings is 1. The van der Waals surface area contributed by atoms with Crippen molar-refractivity contribution in [3.05, 3.63) is 35.6 Å². The number of hydrogen-bond donors (Lipinski definition) is 1. The van der Waals surface area contributed by atoms with Crippen LogP contribution in [0, 0.1) is 5.82 Å². The van der Waals surface area contributed by atoms with E-state index in [9.17, 15) is 4.39 Å². The Kier molecular flexibility index (Phi) is 3.35. The number of nitrogens with zero attached hydrogens (tertiary/aromatic N) is 1. The summed E-state index contributed by atoms with van der Waals surface area (Å²) in [6, 6.07) is 7.14. The van der Waals surface area contributed by atoms with Crippen LogP contribution in [0.25, 0.3) is 0 Å². The Labute approximate surface area is 108 Å². The minimum atomic E-state index is -0.0727. The molecule has 18 heavy (non-hydrogen) atoms. The van der Waals surface area contributed by atoms with Crippen LogP contribution < -0.4 is 5.32 Å². The van der Waals surface area contributed by atoms with Gasteiger partial charge in [0.05, 0.1) is 0 Å². The van der Waals surface area contributed by atoms with Gasteiger partial charge in [0, 0.05) is 37.3 Å². The molecule has 0 atom stereocenters. The quantitative estimate of drug-likeness (QED) is 0.865. The third-order valence-electron chi connectivity index (χ3n) is 4.37. The number of halogens is 1. The third-order valence-corrected chi connectivity index (χ3v) is 4.37. The maximum absolute atomic E-state index is 13.7. The van der Waals surface area contributed by atoms with E-state index < -0.39 is 0 Å². The molecule has 2 fully saturated rings. The minimum absolute atomic E-state index is 0.0727. The number of benzene rings is 1. The van der Waals surface area contributed by atoms with Gasteiger partial charge in [0.15, 0.2) is 0 Å². The fourth-order valence-corrected chi connectivity index (χ4v) is 3.43. The maximum atomic E-state index is 13.7. The summed E-state index contributed by atoms with van der Waals surface area (Å²) < 4.78 is 13.7. The first-order chi connectivity index (χ1) is 8.77. The summed E-state index contributed by atoms with van der Waals surface area (Å²) in [5.74, 6) is -0.0727. The SMILES string of the molecule is Fc1ccccc1CN1CCNC2(CCCC2)C1. The molecule has 2 nitrogen and oxygen atoms in total. The van der Waals surface area contributed by atoms with E-state index in [1.54, 1.807) is 12.1 Å². The van der Waals surface area contributed by atoms with Crippen LogP contribution in [0.1, 0.15) is 31.2 Å². The molecule has 1 spiro atoms. The van der Waals surface area contributed by atoms with E-state index in [0.717, 1.165) is 31.7 Å². The van der Waals surface area contributed by atoms with Crippen molar-refractivity contribution >= 4 is 0 Å². The van der Waals surface area contributed by atoms with Crippen molar-refractivity contribution in [2.24, 2.45) is 0 Å². The smallest absolute Gasteiger partial charge is 0.127 e. The lowest BCUT2D eigenvalue weighted by molar-refractivity contribution is 0.127. The van der Waals surface area contributed by atoms with Gasteiger partial charge in [-0.25, -0.2) is 4.39 Å². The topological polar surface area (TPSA) is 15.3 Å². The number of nitrogens with one attached hydrogen (secondary N) is 1. The fourth-order valence-electron chi connectivity index (χ4n) is 3.43. The Balaban J connectivity index is 1.68. The summed E-state index contributed by atoms with van der Waals surface area (Å²) in [6.07, 6.45) is 5.22. The molecule has 1 aromatic rings. The summed E-state index contributed by atoms with van der Waals surface area (Å²) in [7, 11) is 0. The van der Waals surface area contributed by atoms with Gasteiger partial charge < -0.3 is 5.32 Å². The number of hydrogen-bond acceptors (Lipinski definition) is 2. The molecule has 0 aromatic heterocycles. The van der Waals surface area contributed by atoms with Crippen LogP contribution in [0.2, 0.25) is 0 Å². The first-order valence-electron chi connectivity index (χ1n) is 6.98. The van der Waals surface area contributed by atoms with Gasteiger partial charge >= 0.3 is 0 Å². The highest BCUT2D eigenvalue weighted by Gasteiger charge is 2.37. The van der Waals surface area contributed by atoms with Gasteiger partial charge in [-0.3, -0.25) is 4.90 Å². The second kappa shape index (κ2) is 4.98.